The molecule has 1 amide bonds. The number of thioether (sulfide) groups is 1. The van der Waals surface area contributed by atoms with Crippen LogP contribution in [0.5, 0.6) is 0 Å². The summed E-state index contributed by atoms with van der Waals surface area (Å²) in [6.07, 6.45) is 5.03. The summed E-state index contributed by atoms with van der Waals surface area (Å²) in [6, 6.07) is 5.55. The van der Waals surface area contributed by atoms with Crippen LogP contribution in [0.25, 0.3) is 6.08 Å². The van der Waals surface area contributed by atoms with Gasteiger partial charge >= 0.3 is 0 Å². The molecule has 0 saturated carbocycles. The molecule has 8 heteroatoms. The molecule has 0 spiro atoms. The molecule has 2 aliphatic heterocycles. The van der Waals surface area contributed by atoms with Crippen molar-refractivity contribution < 1.29 is 4.79 Å². The van der Waals surface area contributed by atoms with Crippen LogP contribution in [-0.2, 0) is 4.79 Å². The van der Waals surface area contributed by atoms with Gasteiger partial charge in [0, 0.05) is 18.0 Å². The monoisotopic (exact) mass is 339 g/mol. The molecular formula is C15H9N5OS2. The molecule has 0 fully saturated rings. The quantitative estimate of drug-likeness (QED) is 0.853. The Morgan fingerprint density at radius 2 is 2.04 bits per heavy atom. The second-order valence-electron chi connectivity index (χ2n) is 4.72. The maximum Gasteiger partial charge on any atom is 0.283 e. The number of hydrogen-bond donors (Lipinski definition) is 1. The predicted octanol–water partition coefficient (Wildman–Crippen LogP) is 2.81. The number of rotatable bonds is 2. The highest BCUT2D eigenvalue weighted by Crippen LogP contribution is 2.30. The number of carbonyl (C=O) groups is 1. The molecule has 6 nitrogen and oxygen atoms in total. The van der Waals surface area contributed by atoms with E-state index in [9.17, 15) is 4.79 Å². The Bertz CT molecular complexity index is 884. The Balaban J connectivity index is 1.71. The van der Waals surface area contributed by atoms with Gasteiger partial charge in [-0.25, -0.2) is 0 Å². The zero-order valence-corrected chi connectivity index (χ0v) is 13.3. The summed E-state index contributed by atoms with van der Waals surface area (Å²) in [6.45, 7) is 0. The standard InChI is InChI=1S/C15H9N5OS2/c16-12-11(7-9-3-6-22-8-9)13(21)18-15-20(12)19-14(23-15)10-1-4-17-5-2-10/h1-8,16H. The first kappa shape index (κ1) is 14.0. The normalized spacial score (nSPS) is 19.0. The van der Waals surface area contributed by atoms with E-state index < -0.39 is 5.91 Å². The fraction of sp³-hybridized carbons (Fsp3) is 0. The fourth-order valence-electron chi connectivity index (χ4n) is 2.13. The van der Waals surface area contributed by atoms with E-state index in [0.29, 0.717) is 10.2 Å². The Morgan fingerprint density at radius 1 is 1.22 bits per heavy atom. The van der Waals surface area contributed by atoms with E-state index in [0.717, 1.165) is 11.1 Å². The number of amides is 1. The fourth-order valence-corrected chi connectivity index (χ4v) is 3.64. The van der Waals surface area contributed by atoms with E-state index in [1.54, 1.807) is 18.5 Å². The molecule has 0 atom stereocenters. The minimum atomic E-state index is -0.411. The summed E-state index contributed by atoms with van der Waals surface area (Å²) in [5.74, 6) is -0.367. The molecule has 4 heterocycles. The molecular weight excluding hydrogens is 330 g/mol. The van der Waals surface area contributed by atoms with Crippen LogP contribution in [0.4, 0.5) is 0 Å². The van der Waals surface area contributed by atoms with Crippen LogP contribution >= 0.6 is 23.1 Å². The van der Waals surface area contributed by atoms with Crippen LogP contribution in [0, 0.1) is 5.41 Å². The molecule has 4 rings (SSSR count). The van der Waals surface area contributed by atoms with Crippen molar-refractivity contribution in [2.24, 2.45) is 10.1 Å². The van der Waals surface area contributed by atoms with E-state index >= 15 is 0 Å². The Kier molecular flexibility index (Phi) is 3.40. The van der Waals surface area contributed by atoms with Gasteiger partial charge in [0.2, 0.25) is 5.17 Å². The molecule has 0 radical (unpaired) electrons. The summed E-state index contributed by atoms with van der Waals surface area (Å²) in [5, 5.41) is 19.0. The minimum absolute atomic E-state index is 0.0442. The Morgan fingerprint density at radius 3 is 2.78 bits per heavy atom. The number of pyridine rings is 1. The zero-order valence-electron chi connectivity index (χ0n) is 11.6. The van der Waals surface area contributed by atoms with Crippen LogP contribution in [0.1, 0.15) is 11.1 Å². The van der Waals surface area contributed by atoms with Gasteiger partial charge in [-0.05, 0) is 52.4 Å². The molecule has 2 aromatic heterocycles. The smallest absolute Gasteiger partial charge is 0.282 e. The number of hydrogen-bond acceptors (Lipinski definition) is 6. The van der Waals surface area contributed by atoms with Crippen molar-refractivity contribution in [1.82, 2.24) is 9.99 Å². The van der Waals surface area contributed by atoms with Gasteiger partial charge in [-0.2, -0.15) is 26.4 Å². The predicted molar refractivity (Wildman–Crippen MR) is 92.7 cm³/mol. The van der Waals surface area contributed by atoms with Gasteiger partial charge in [-0.3, -0.25) is 15.2 Å². The molecule has 0 unspecified atom stereocenters. The van der Waals surface area contributed by atoms with Gasteiger partial charge in [0.15, 0.2) is 5.84 Å². The molecule has 0 aromatic carbocycles. The topological polar surface area (TPSA) is 81.8 Å². The van der Waals surface area contributed by atoms with Crippen LogP contribution < -0.4 is 0 Å². The summed E-state index contributed by atoms with van der Waals surface area (Å²) >= 11 is 2.81. The van der Waals surface area contributed by atoms with Crippen LogP contribution in [-0.4, -0.2) is 31.9 Å². The van der Waals surface area contributed by atoms with Crippen molar-refractivity contribution in [2.75, 3.05) is 0 Å². The maximum absolute atomic E-state index is 12.2. The van der Waals surface area contributed by atoms with Crippen molar-refractivity contribution >= 4 is 51.1 Å². The largest absolute Gasteiger partial charge is 0.283 e. The number of nitrogens with one attached hydrogen (secondary N) is 1. The van der Waals surface area contributed by atoms with E-state index in [2.05, 4.69) is 15.1 Å². The second-order valence-corrected chi connectivity index (χ2v) is 6.45. The van der Waals surface area contributed by atoms with Crippen LogP contribution in [0.3, 0.4) is 0 Å². The van der Waals surface area contributed by atoms with E-state index in [1.807, 2.05) is 29.0 Å². The lowest BCUT2D eigenvalue weighted by molar-refractivity contribution is -0.114. The van der Waals surface area contributed by atoms with E-state index in [-0.39, 0.29) is 11.4 Å². The second kappa shape index (κ2) is 5.56. The number of nitrogens with zero attached hydrogens (tertiary/aromatic N) is 4. The van der Waals surface area contributed by atoms with Gasteiger partial charge in [0.1, 0.15) is 5.04 Å². The average Bonchev–Trinajstić information content (AvgIpc) is 3.22. The molecule has 23 heavy (non-hydrogen) atoms. The Hall–Kier alpha value is -2.58. The molecule has 0 saturated heterocycles. The van der Waals surface area contributed by atoms with Gasteiger partial charge in [0.25, 0.3) is 5.91 Å². The minimum Gasteiger partial charge on any atom is -0.282 e. The zero-order chi connectivity index (χ0) is 15.8. The molecule has 0 aliphatic carbocycles. The SMILES string of the molecule is N=C1C(=Cc2ccsc2)C(=O)N=C2SC(c3ccncc3)=NN12. The lowest BCUT2D eigenvalue weighted by Gasteiger charge is -2.19. The van der Waals surface area contributed by atoms with E-state index in [4.69, 9.17) is 5.41 Å². The highest BCUT2D eigenvalue weighted by molar-refractivity contribution is 8.27. The highest BCUT2D eigenvalue weighted by atomic mass is 32.2. The highest BCUT2D eigenvalue weighted by Gasteiger charge is 2.35. The van der Waals surface area contributed by atoms with E-state index in [1.165, 1.54) is 28.1 Å². The summed E-state index contributed by atoms with van der Waals surface area (Å²) in [5.41, 5.74) is 2.00. The number of aliphatic imine (C=N–C) groups is 1. The number of fused-ring (bicyclic) bond motifs is 1. The maximum atomic E-state index is 12.2. The first-order chi connectivity index (χ1) is 11.2. The third-order valence-electron chi connectivity index (χ3n) is 3.24. The lowest BCUT2D eigenvalue weighted by atomic mass is 10.1. The van der Waals surface area contributed by atoms with Crippen molar-refractivity contribution in [2.45, 2.75) is 0 Å². The summed E-state index contributed by atoms with van der Waals surface area (Å²) < 4.78 is 0. The molecule has 2 aliphatic rings. The summed E-state index contributed by atoms with van der Waals surface area (Å²) in [7, 11) is 0. The first-order valence-corrected chi connectivity index (χ1v) is 8.41. The number of amidine groups is 2. The first-order valence-electron chi connectivity index (χ1n) is 6.65. The van der Waals surface area contributed by atoms with Crippen molar-refractivity contribution in [3.05, 3.63) is 58.1 Å². The van der Waals surface area contributed by atoms with Crippen molar-refractivity contribution in [3.8, 4) is 0 Å². The number of aromatic nitrogens is 1. The van der Waals surface area contributed by atoms with Gasteiger partial charge in [-0.1, -0.05) is 0 Å². The number of hydrazone groups is 1. The third kappa shape index (κ3) is 2.51. The third-order valence-corrected chi connectivity index (χ3v) is 4.89. The summed E-state index contributed by atoms with van der Waals surface area (Å²) in [4.78, 5) is 20.3. The van der Waals surface area contributed by atoms with Gasteiger partial charge in [0.05, 0.1) is 5.57 Å². The van der Waals surface area contributed by atoms with Crippen molar-refractivity contribution in [1.29, 1.82) is 5.41 Å². The molecule has 2 aromatic rings. The molecule has 112 valence electrons. The Labute approximate surface area is 139 Å². The van der Waals surface area contributed by atoms with Gasteiger partial charge < -0.3 is 0 Å². The average molecular weight is 339 g/mol. The number of carbonyl (C=O) groups excluding carboxylic acids is 1. The molecule has 1 N–H and O–H groups in total. The number of thiophene rings is 1. The van der Waals surface area contributed by atoms with Crippen molar-refractivity contribution in [3.63, 3.8) is 0 Å². The lowest BCUT2D eigenvalue weighted by Crippen LogP contribution is -2.35. The van der Waals surface area contributed by atoms with Gasteiger partial charge in [-0.15, -0.1) is 0 Å². The van der Waals surface area contributed by atoms with Crippen LogP contribution in [0.15, 0.2) is 57.0 Å². The van der Waals surface area contributed by atoms with Crippen LogP contribution in [0.2, 0.25) is 0 Å². The molecule has 0 bridgehead atoms.